The number of benzene rings is 1. The van der Waals surface area contributed by atoms with Crippen LogP contribution >= 0.6 is 0 Å². The summed E-state index contributed by atoms with van der Waals surface area (Å²) in [5.41, 5.74) is 1.43. The molecule has 0 saturated carbocycles. The minimum Gasteiger partial charge on any atom is -0.207 e. The predicted octanol–water partition coefficient (Wildman–Crippen LogP) is 2.18. The van der Waals surface area contributed by atoms with Gasteiger partial charge in [-0.3, -0.25) is 0 Å². The van der Waals surface area contributed by atoms with Crippen LogP contribution < -0.4 is 0 Å². The van der Waals surface area contributed by atoms with Crippen molar-refractivity contribution in [1.29, 1.82) is 0 Å². The van der Waals surface area contributed by atoms with Crippen molar-refractivity contribution in [2.75, 3.05) is 0 Å². The van der Waals surface area contributed by atoms with E-state index in [0.717, 1.165) is 10.2 Å². The molecule has 1 heterocycles. The van der Waals surface area contributed by atoms with Crippen LogP contribution in [-0.4, -0.2) is 17.6 Å². The van der Waals surface area contributed by atoms with E-state index in [1.807, 2.05) is 0 Å². The molecule has 2 rings (SSSR count). The lowest BCUT2D eigenvalue weighted by Gasteiger charge is -2.07. The van der Waals surface area contributed by atoms with Crippen LogP contribution in [0, 0.1) is 26.6 Å². The molecule has 1 aromatic carbocycles. The van der Waals surface area contributed by atoms with Gasteiger partial charge in [-0.1, -0.05) is 0 Å². The van der Waals surface area contributed by atoms with Crippen LogP contribution in [-0.2, 0) is 10.0 Å². The topological polar surface area (TPSA) is 52.0 Å². The van der Waals surface area contributed by atoms with Crippen molar-refractivity contribution in [3.8, 4) is 0 Å². The summed E-state index contributed by atoms with van der Waals surface area (Å²) in [5, 5.41) is 3.95. The monoisotopic (exact) mass is 268 g/mol. The first-order valence-corrected chi connectivity index (χ1v) is 6.81. The van der Waals surface area contributed by atoms with Gasteiger partial charge < -0.3 is 0 Å². The highest BCUT2D eigenvalue weighted by Crippen LogP contribution is 2.18. The molecule has 0 saturated heterocycles. The quantitative estimate of drug-likeness (QED) is 0.839. The third-order valence-corrected chi connectivity index (χ3v) is 4.30. The van der Waals surface area contributed by atoms with Crippen molar-refractivity contribution in [1.82, 2.24) is 9.19 Å². The Morgan fingerprint density at radius 3 is 2.33 bits per heavy atom. The van der Waals surface area contributed by atoms with E-state index in [-0.39, 0.29) is 10.5 Å². The number of hydrogen-bond acceptors (Lipinski definition) is 3. The van der Waals surface area contributed by atoms with Gasteiger partial charge in [-0.25, -0.2) is 4.39 Å². The number of hydrogen-bond donors (Lipinski definition) is 0. The molecule has 0 fully saturated rings. The molecule has 0 N–H and O–H groups in total. The number of halogens is 1. The van der Waals surface area contributed by atoms with Crippen molar-refractivity contribution in [2.45, 2.75) is 25.7 Å². The zero-order valence-electron chi connectivity index (χ0n) is 10.3. The third kappa shape index (κ3) is 2.03. The molecule has 0 bridgehead atoms. The average molecular weight is 268 g/mol. The smallest absolute Gasteiger partial charge is 0.207 e. The van der Waals surface area contributed by atoms with Crippen molar-refractivity contribution >= 4 is 10.0 Å². The maximum Gasteiger partial charge on any atom is 0.283 e. The zero-order valence-corrected chi connectivity index (χ0v) is 11.1. The molecule has 0 atom stereocenters. The molecule has 0 amide bonds. The Morgan fingerprint density at radius 2 is 1.83 bits per heavy atom. The van der Waals surface area contributed by atoms with E-state index in [1.165, 1.54) is 19.1 Å². The molecular formula is C12H13FN2O2S. The Labute approximate surface area is 105 Å². The third-order valence-electron chi connectivity index (χ3n) is 2.62. The summed E-state index contributed by atoms with van der Waals surface area (Å²) in [6, 6.07) is 5.37. The lowest BCUT2D eigenvalue weighted by atomic mass is 10.2. The fourth-order valence-corrected chi connectivity index (χ4v) is 3.16. The summed E-state index contributed by atoms with van der Waals surface area (Å²) in [7, 11) is -3.75. The zero-order chi connectivity index (χ0) is 13.5. The summed E-state index contributed by atoms with van der Waals surface area (Å²) in [5.74, 6) is -0.428. The number of nitrogens with zero attached hydrogens (tertiary/aromatic N) is 2. The summed E-state index contributed by atoms with van der Waals surface area (Å²) >= 11 is 0. The highest BCUT2D eigenvalue weighted by molar-refractivity contribution is 7.89. The minimum absolute atomic E-state index is 0.0348. The lowest BCUT2D eigenvalue weighted by molar-refractivity contribution is 0.576. The lowest BCUT2D eigenvalue weighted by Crippen LogP contribution is -2.16. The Kier molecular flexibility index (Phi) is 2.98. The van der Waals surface area contributed by atoms with Gasteiger partial charge in [0.1, 0.15) is 5.82 Å². The van der Waals surface area contributed by atoms with Gasteiger partial charge in [0, 0.05) is 0 Å². The minimum atomic E-state index is -3.75. The molecule has 0 aliphatic heterocycles. The van der Waals surface area contributed by atoms with Gasteiger partial charge in [0.05, 0.1) is 16.3 Å². The van der Waals surface area contributed by atoms with E-state index in [0.29, 0.717) is 11.4 Å². The Morgan fingerprint density at radius 1 is 1.17 bits per heavy atom. The van der Waals surface area contributed by atoms with Gasteiger partial charge in [0.2, 0.25) is 0 Å². The second-order valence-corrected chi connectivity index (χ2v) is 5.95. The van der Waals surface area contributed by atoms with E-state index in [2.05, 4.69) is 5.10 Å². The first kappa shape index (κ1) is 12.8. The Bertz CT molecular complexity index is 705. The van der Waals surface area contributed by atoms with Gasteiger partial charge in [-0.2, -0.15) is 17.6 Å². The van der Waals surface area contributed by atoms with Crippen molar-refractivity contribution in [2.24, 2.45) is 0 Å². The molecular weight excluding hydrogens is 255 g/mol. The summed E-state index contributed by atoms with van der Waals surface area (Å²) < 4.78 is 38.7. The van der Waals surface area contributed by atoms with Crippen LogP contribution in [0.2, 0.25) is 0 Å². The largest absolute Gasteiger partial charge is 0.283 e. The van der Waals surface area contributed by atoms with E-state index in [4.69, 9.17) is 0 Å². The number of rotatable bonds is 2. The van der Waals surface area contributed by atoms with Crippen LogP contribution in [0.15, 0.2) is 29.2 Å². The normalized spacial score (nSPS) is 11.8. The fourth-order valence-electron chi connectivity index (χ4n) is 1.73. The molecule has 0 aliphatic rings. The van der Waals surface area contributed by atoms with Crippen molar-refractivity contribution < 1.29 is 12.8 Å². The molecule has 0 radical (unpaired) electrons. The van der Waals surface area contributed by atoms with Crippen LogP contribution in [0.1, 0.15) is 17.0 Å². The van der Waals surface area contributed by atoms with E-state index < -0.39 is 15.8 Å². The maximum absolute atomic E-state index is 13.2. The van der Waals surface area contributed by atoms with Crippen molar-refractivity contribution in [3.05, 3.63) is 47.0 Å². The van der Waals surface area contributed by atoms with E-state index in [9.17, 15) is 12.8 Å². The SMILES string of the molecule is Cc1cc(C)n(S(=O)(=O)c2ccc(F)c(C)c2)n1. The highest BCUT2D eigenvalue weighted by Gasteiger charge is 2.20. The molecule has 0 spiro atoms. The van der Waals surface area contributed by atoms with Gasteiger partial charge in [-0.05, 0) is 50.6 Å². The second kappa shape index (κ2) is 4.20. The molecule has 2 aromatic rings. The summed E-state index contributed by atoms with van der Waals surface area (Å²) in [6.07, 6.45) is 0. The molecule has 0 aliphatic carbocycles. The predicted molar refractivity (Wildman–Crippen MR) is 65.4 cm³/mol. The standard InChI is InChI=1S/C12H13FN2O2S/c1-8-6-11(4-5-12(8)13)18(16,17)15-10(3)7-9(2)14-15/h4-7H,1-3H3. The summed E-state index contributed by atoms with van der Waals surface area (Å²) in [4.78, 5) is 0.0348. The average Bonchev–Trinajstić information content (AvgIpc) is 2.62. The van der Waals surface area contributed by atoms with E-state index in [1.54, 1.807) is 19.9 Å². The van der Waals surface area contributed by atoms with Crippen LogP contribution in [0.3, 0.4) is 0 Å². The molecule has 1 aromatic heterocycles. The first-order chi connectivity index (χ1) is 8.32. The molecule has 18 heavy (non-hydrogen) atoms. The molecule has 0 unspecified atom stereocenters. The fraction of sp³-hybridized carbons (Fsp3) is 0.250. The molecule has 6 heteroatoms. The molecule has 4 nitrogen and oxygen atoms in total. The van der Waals surface area contributed by atoms with Gasteiger partial charge in [0.25, 0.3) is 10.0 Å². The van der Waals surface area contributed by atoms with Crippen LogP contribution in [0.5, 0.6) is 0 Å². The Balaban J connectivity index is 2.61. The number of aryl methyl sites for hydroxylation is 3. The summed E-state index contributed by atoms with van der Waals surface area (Å²) in [6.45, 7) is 4.90. The van der Waals surface area contributed by atoms with Crippen LogP contribution in [0.25, 0.3) is 0 Å². The highest BCUT2D eigenvalue weighted by atomic mass is 32.2. The van der Waals surface area contributed by atoms with E-state index >= 15 is 0 Å². The van der Waals surface area contributed by atoms with Gasteiger partial charge >= 0.3 is 0 Å². The second-order valence-electron chi connectivity index (χ2n) is 4.19. The first-order valence-electron chi connectivity index (χ1n) is 5.37. The maximum atomic E-state index is 13.2. The van der Waals surface area contributed by atoms with Gasteiger partial charge in [-0.15, -0.1) is 0 Å². The molecule has 96 valence electrons. The van der Waals surface area contributed by atoms with Crippen molar-refractivity contribution in [3.63, 3.8) is 0 Å². The number of aromatic nitrogens is 2. The Hall–Kier alpha value is -1.69. The van der Waals surface area contributed by atoms with Crippen LogP contribution in [0.4, 0.5) is 4.39 Å². The van der Waals surface area contributed by atoms with Gasteiger partial charge in [0.15, 0.2) is 0 Å².